The Morgan fingerprint density at radius 1 is 1.28 bits per heavy atom. The Balaban J connectivity index is 1.86. The van der Waals surface area contributed by atoms with E-state index >= 15 is 0 Å². The first-order valence-corrected chi connectivity index (χ1v) is 12.2. The van der Waals surface area contributed by atoms with Crippen LogP contribution in [0.3, 0.4) is 0 Å². The summed E-state index contributed by atoms with van der Waals surface area (Å²) in [5.41, 5.74) is 3.46. The summed E-state index contributed by atoms with van der Waals surface area (Å²) in [7, 11) is 1.28. The van der Waals surface area contributed by atoms with Crippen molar-refractivity contribution in [3.63, 3.8) is 0 Å². The van der Waals surface area contributed by atoms with Crippen molar-refractivity contribution >= 4 is 37.9 Å². The minimum atomic E-state index is -0.220. The standard InChI is InChI=1S/C22H26N2O3S2/c1-22(2,29(4)28)13-23-12-15-9-14-7-5-6-8-17(14)24(15)21(26)16-10-20(27-3)19(25)11-18(16)23/h5-8,10-11,15,25H,9,12-13H2,1-4H3/t15-,29?/m0/s1. The summed E-state index contributed by atoms with van der Waals surface area (Å²) in [5, 5.41) is 10.4. The van der Waals surface area contributed by atoms with Crippen LogP contribution in [0, 0.1) is 0 Å². The van der Waals surface area contributed by atoms with Gasteiger partial charge in [0.15, 0.2) is 11.5 Å². The van der Waals surface area contributed by atoms with Gasteiger partial charge in [-0.2, -0.15) is 0 Å². The second-order valence-corrected chi connectivity index (χ2v) is 11.8. The average molecular weight is 431 g/mol. The fourth-order valence-corrected chi connectivity index (χ4v) is 4.71. The number of nitrogens with zero attached hydrogens (tertiary/aromatic N) is 2. The van der Waals surface area contributed by atoms with E-state index in [-0.39, 0.29) is 31.9 Å². The van der Waals surface area contributed by atoms with Crippen molar-refractivity contribution in [1.82, 2.24) is 0 Å². The molecule has 4 rings (SSSR count). The summed E-state index contributed by atoms with van der Waals surface area (Å²) in [6.07, 6.45) is 2.89. The van der Waals surface area contributed by atoms with Gasteiger partial charge in [0.2, 0.25) is 0 Å². The molecule has 2 aliphatic rings. The SMILES string of the molecule is COc1cc2c(cc1O)N(CC(C)(C)S(C)=S)C[C@@H]1Cc3ccccc3N1C2=O. The highest BCUT2D eigenvalue weighted by Gasteiger charge is 2.41. The van der Waals surface area contributed by atoms with Gasteiger partial charge in [-0.1, -0.05) is 29.4 Å². The van der Waals surface area contributed by atoms with Crippen LogP contribution >= 0.6 is 0 Å². The number of aromatic hydroxyl groups is 1. The number of methoxy groups -OCH3 is 1. The summed E-state index contributed by atoms with van der Waals surface area (Å²) in [4.78, 5) is 17.8. The number of ether oxygens (including phenoxy) is 1. The second kappa shape index (κ2) is 7.29. The number of para-hydroxylation sites is 1. The number of phenols is 1. The molecule has 2 aromatic rings. The normalized spacial score (nSPS) is 19.3. The van der Waals surface area contributed by atoms with Gasteiger partial charge in [0.1, 0.15) is 0 Å². The Hall–Kier alpha value is -2.12. The number of fused-ring (bicyclic) bond motifs is 4. The lowest BCUT2D eigenvalue weighted by atomic mass is 10.1. The van der Waals surface area contributed by atoms with Gasteiger partial charge < -0.3 is 19.6 Å². The lowest BCUT2D eigenvalue weighted by Gasteiger charge is -2.35. The number of hydrogen-bond donors (Lipinski definition) is 1. The lowest BCUT2D eigenvalue weighted by molar-refractivity contribution is 0.0983. The summed E-state index contributed by atoms with van der Waals surface area (Å²) in [6, 6.07) is 11.5. The number of hydrogen-bond acceptors (Lipinski definition) is 5. The Morgan fingerprint density at radius 3 is 2.69 bits per heavy atom. The summed E-state index contributed by atoms with van der Waals surface area (Å²) in [5.74, 6) is 0.293. The molecule has 7 heteroatoms. The van der Waals surface area contributed by atoms with Gasteiger partial charge >= 0.3 is 0 Å². The number of benzene rings is 2. The molecule has 0 bridgehead atoms. The molecule has 2 aromatic carbocycles. The van der Waals surface area contributed by atoms with Crippen LogP contribution in [0.5, 0.6) is 11.5 Å². The van der Waals surface area contributed by atoms with E-state index in [1.165, 1.54) is 12.7 Å². The monoisotopic (exact) mass is 430 g/mol. The Morgan fingerprint density at radius 2 is 2.00 bits per heavy atom. The van der Waals surface area contributed by atoms with Gasteiger partial charge in [-0.05, 0) is 44.2 Å². The van der Waals surface area contributed by atoms with Crippen molar-refractivity contribution in [2.24, 2.45) is 0 Å². The number of amides is 1. The van der Waals surface area contributed by atoms with E-state index in [4.69, 9.17) is 15.9 Å². The van der Waals surface area contributed by atoms with Crippen LogP contribution in [-0.4, -0.2) is 48.3 Å². The zero-order valence-corrected chi connectivity index (χ0v) is 18.8. The third-order valence-corrected chi connectivity index (χ3v) is 8.98. The fraction of sp³-hybridized carbons (Fsp3) is 0.409. The Kier molecular flexibility index (Phi) is 5.07. The van der Waals surface area contributed by atoms with E-state index in [1.807, 2.05) is 23.1 Å². The van der Waals surface area contributed by atoms with E-state index in [0.717, 1.165) is 17.8 Å². The van der Waals surface area contributed by atoms with Crippen LogP contribution in [0.2, 0.25) is 0 Å². The van der Waals surface area contributed by atoms with Gasteiger partial charge in [0.25, 0.3) is 5.91 Å². The zero-order chi connectivity index (χ0) is 20.9. The molecular formula is C22H26N2O3S2. The highest BCUT2D eigenvalue weighted by molar-refractivity contribution is 8.29. The number of carbonyl (C=O) groups is 1. The van der Waals surface area contributed by atoms with Crippen molar-refractivity contribution in [2.75, 3.05) is 36.3 Å². The summed E-state index contributed by atoms with van der Waals surface area (Å²) >= 11 is 5.61. The summed E-state index contributed by atoms with van der Waals surface area (Å²) < 4.78 is 5.20. The molecule has 0 spiro atoms. The number of phenolic OH excluding ortho intramolecular Hbond substituents is 1. The van der Waals surface area contributed by atoms with Crippen molar-refractivity contribution in [2.45, 2.75) is 31.1 Å². The first-order chi connectivity index (χ1) is 13.7. The third kappa shape index (κ3) is 3.40. The predicted octanol–water partition coefficient (Wildman–Crippen LogP) is 3.28. The smallest absolute Gasteiger partial charge is 0.260 e. The predicted molar refractivity (Wildman–Crippen MR) is 122 cm³/mol. The maximum absolute atomic E-state index is 13.6. The molecule has 0 aromatic heterocycles. The van der Waals surface area contributed by atoms with E-state index < -0.39 is 0 Å². The van der Waals surface area contributed by atoms with Crippen LogP contribution < -0.4 is 14.5 Å². The van der Waals surface area contributed by atoms with Crippen LogP contribution in [0.25, 0.3) is 0 Å². The minimum Gasteiger partial charge on any atom is -0.504 e. The van der Waals surface area contributed by atoms with E-state index in [1.54, 1.807) is 12.1 Å². The molecule has 5 nitrogen and oxygen atoms in total. The highest BCUT2D eigenvalue weighted by Crippen LogP contribution is 2.42. The first kappa shape index (κ1) is 20.2. The van der Waals surface area contributed by atoms with Gasteiger partial charge in [-0.3, -0.25) is 4.79 Å². The molecule has 154 valence electrons. The van der Waals surface area contributed by atoms with Crippen LogP contribution in [0.4, 0.5) is 11.4 Å². The quantitative estimate of drug-likeness (QED) is 0.807. The molecule has 1 amide bonds. The van der Waals surface area contributed by atoms with Crippen molar-refractivity contribution < 1.29 is 14.6 Å². The molecule has 0 fully saturated rings. The number of anilines is 2. The molecule has 1 unspecified atom stereocenters. The largest absolute Gasteiger partial charge is 0.504 e. The highest BCUT2D eigenvalue weighted by atomic mass is 32.8. The van der Waals surface area contributed by atoms with E-state index in [2.05, 4.69) is 31.1 Å². The second-order valence-electron chi connectivity index (χ2n) is 8.30. The molecule has 0 saturated heterocycles. The van der Waals surface area contributed by atoms with Crippen molar-refractivity contribution in [3.8, 4) is 11.5 Å². The fourth-order valence-electron chi connectivity index (χ4n) is 4.22. The van der Waals surface area contributed by atoms with Crippen molar-refractivity contribution in [1.29, 1.82) is 0 Å². The Labute approximate surface area is 178 Å². The average Bonchev–Trinajstić information content (AvgIpc) is 2.99. The van der Waals surface area contributed by atoms with Crippen LogP contribution in [0.1, 0.15) is 29.8 Å². The molecule has 0 aliphatic carbocycles. The first-order valence-electron chi connectivity index (χ1n) is 9.64. The molecule has 0 saturated carbocycles. The lowest BCUT2D eigenvalue weighted by Crippen LogP contribution is -2.47. The maximum atomic E-state index is 13.6. The van der Waals surface area contributed by atoms with Gasteiger partial charge in [-0.15, -0.1) is 9.45 Å². The van der Waals surface area contributed by atoms with E-state index in [9.17, 15) is 9.90 Å². The molecule has 29 heavy (non-hydrogen) atoms. The molecular weight excluding hydrogens is 404 g/mol. The minimum absolute atomic E-state index is 0.0400. The molecule has 0 radical (unpaired) electrons. The van der Waals surface area contributed by atoms with Gasteiger partial charge in [0, 0.05) is 29.6 Å². The Bertz CT molecular complexity index is 1010. The summed E-state index contributed by atoms with van der Waals surface area (Å²) in [6.45, 7) is 5.73. The van der Waals surface area contributed by atoms with Crippen LogP contribution in [0.15, 0.2) is 36.4 Å². The molecule has 2 heterocycles. The number of rotatable bonds is 4. The van der Waals surface area contributed by atoms with Gasteiger partial charge in [0.05, 0.1) is 24.4 Å². The maximum Gasteiger partial charge on any atom is 0.260 e. The van der Waals surface area contributed by atoms with Crippen molar-refractivity contribution in [3.05, 3.63) is 47.5 Å². The van der Waals surface area contributed by atoms with E-state index in [0.29, 0.717) is 24.4 Å². The zero-order valence-electron chi connectivity index (χ0n) is 17.1. The third-order valence-electron chi connectivity index (χ3n) is 5.94. The van der Waals surface area contributed by atoms with Crippen LogP contribution in [-0.2, 0) is 27.1 Å². The van der Waals surface area contributed by atoms with Gasteiger partial charge in [-0.25, -0.2) is 0 Å². The molecule has 2 aliphatic heterocycles. The topological polar surface area (TPSA) is 53.0 Å². The molecule has 1 N–H and O–H groups in total. The number of carbonyl (C=O) groups excluding carboxylic acids is 1. The molecule has 2 atom stereocenters.